The van der Waals surface area contributed by atoms with Gasteiger partial charge < -0.3 is 0 Å². The van der Waals surface area contributed by atoms with Crippen LogP contribution >= 0.6 is 11.6 Å². The van der Waals surface area contributed by atoms with Gasteiger partial charge in [0.05, 0.1) is 0 Å². The van der Waals surface area contributed by atoms with Gasteiger partial charge in [0, 0.05) is 11.4 Å². The lowest BCUT2D eigenvalue weighted by molar-refractivity contribution is -0.121. The van der Waals surface area contributed by atoms with Crippen LogP contribution in [-0.4, -0.2) is 5.91 Å². The number of amides is 1. The fraction of sp³-hybridized carbons (Fsp3) is 0.300. The third-order valence-electron chi connectivity index (χ3n) is 1.94. The molecule has 1 rings (SSSR count). The number of carbonyl (C=O) groups excluding carboxylic acids is 1. The topological polar surface area (TPSA) is 55.1 Å². The smallest absolute Gasteiger partial charge is 0.233 e. The van der Waals surface area contributed by atoms with E-state index in [0.29, 0.717) is 6.42 Å². The van der Waals surface area contributed by atoms with Crippen molar-refractivity contribution in [2.45, 2.75) is 19.3 Å². The van der Waals surface area contributed by atoms with Gasteiger partial charge in [-0.05, 0) is 30.5 Å². The second kappa shape index (κ2) is 5.62. The number of rotatable bonds is 4. The number of benzene rings is 1. The molecule has 0 fully saturated rings. The van der Waals surface area contributed by atoms with E-state index in [-0.39, 0.29) is 5.91 Å². The Hall–Kier alpha value is -1.06. The van der Waals surface area contributed by atoms with Gasteiger partial charge in [-0.1, -0.05) is 23.7 Å². The third kappa shape index (κ3) is 3.77. The van der Waals surface area contributed by atoms with Crippen LogP contribution in [-0.2, 0) is 11.2 Å². The van der Waals surface area contributed by atoms with Crippen molar-refractivity contribution in [3.63, 3.8) is 0 Å². The molecular weight excluding hydrogens is 200 g/mol. The molecule has 0 saturated carbocycles. The van der Waals surface area contributed by atoms with Crippen LogP contribution in [0.2, 0.25) is 5.02 Å². The van der Waals surface area contributed by atoms with Gasteiger partial charge >= 0.3 is 0 Å². The zero-order chi connectivity index (χ0) is 10.4. The summed E-state index contributed by atoms with van der Waals surface area (Å²) in [5, 5.41) is 0.730. The molecule has 1 amide bonds. The van der Waals surface area contributed by atoms with Gasteiger partial charge in [0.2, 0.25) is 5.91 Å². The Balaban J connectivity index is 2.31. The van der Waals surface area contributed by atoms with Crippen LogP contribution in [0.15, 0.2) is 24.3 Å². The summed E-state index contributed by atoms with van der Waals surface area (Å²) in [6.07, 6.45) is 2.12. The molecule has 4 heteroatoms. The number of nitrogens with two attached hydrogens (primary N) is 1. The second-order valence-electron chi connectivity index (χ2n) is 3.05. The fourth-order valence-corrected chi connectivity index (χ4v) is 1.30. The van der Waals surface area contributed by atoms with Crippen molar-refractivity contribution in [1.82, 2.24) is 5.43 Å². The summed E-state index contributed by atoms with van der Waals surface area (Å²) in [5.74, 6) is 4.83. The van der Waals surface area contributed by atoms with Gasteiger partial charge in [-0.25, -0.2) is 5.84 Å². The maximum absolute atomic E-state index is 10.8. The molecule has 0 aliphatic heterocycles. The molecular formula is C10H13ClN2O. The maximum Gasteiger partial charge on any atom is 0.233 e. The largest absolute Gasteiger partial charge is 0.294 e. The van der Waals surface area contributed by atoms with Crippen LogP contribution in [0, 0.1) is 0 Å². The predicted molar refractivity (Wildman–Crippen MR) is 56.7 cm³/mol. The van der Waals surface area contributed by atoms with E-state index in [1.54, 1.807) is 0 Å². The van der Waals surface area contributed by atoms with E-state index in [2.05, 4.69) is 5.43 Å². The Morgan fingerprint density at radius 1 is 1.36 bits per heavy atom. The van der Waals surface area contributed by atoms with E-state index >= 15 is 0 Å². The standard InChI is InChI=1S/C10H13ClN2O/c11-9-6-4-8(5-7-9)2-1-3-10(14)13-12/h4-7H,1-3,12H2,(H,13,14). The summed E-state index contributed by atoms with van der Waals surface area (Å²) in [5.41, 5.74) is 3.28. The molecule has 0 aromatic heterocycles. The quantitative estimate of drug-likeness (QED) is 0.453. The van der Waals surface area contributed by atoms with Crippen molar-refractivity contribution in [3.8, 4) is 0 Å². The van der Waals surface area contributed by atoms with E-state index in [1.165, 1.54) is 5.56 Å². The van der Waals surface area contributed by atoms with E-state index in [9.17, 15) is 4.79 Å². The van der Waals surface area contributed by atoms with Crippen LogP contribution in [0.25, 0.3) is 0 Å². The highest BCUT2D eigenvalue weighted by Gasteiger charge is 1.98. The van der Waals surface area contributed by atoms with Crippen molar-refractivity contribution in [1.29, 1.82) is 0 Å². The van der Waals surface area contributed by atoms with Crippen molar-refractivity contribution >= 4 is 17.5 Å². The van der Waals surface area contributed by atoms with Gasteiger partial charge in [-0.15, -0.1) is 0 Å². The van der Waals surface area contributed by atoms with Crippen LogP contribution in [0.5, 0.6) is 0 Å². The first-order valence-corrected chi connectivity index (χ1v) is 4.84. The van der Waals surface area contributed by atoms with Gasteiger partial charge in [0.25, 0.3) is 0 Å². The summed E-state index contributed by atoms with van der Waals surface area (Å²) < 4.78 is 0. The summed E-state index contributed by atoms with van der Waals surface area (Å²) in [4.78, 5) is 10.8. The van der Waals surface area contributed by atoms with E-state index in [4.69, 9.17) is 17.4 Å². The maximum atomic E-state index is 10.8. The van der Waals surface area contributed by atoms with E-state index in [0.717, 1.165) is 17.9 Å². The number of carbonyl (C=O) groups is 1. The number of halogens is 1. The zero-order valence-electron chi connectivity index (χ0n) is 7.79. The zero-order valence-corrected chi connectivity index (χ0v) is 8.55. The number of hydrogen-bond donors (Lipinski definition) is 2. The third-order valence-corrected chi connectivity index (χ3v) is 2.20. The van der Waals surface area contributed by atoms with Crippen LogP contribution in [0.4, 0.5) is 0 Å². The number of hydrogen-bond acceptors (Lipinski definition) is 2. The van der Waals surface area contributed by atoms with Crippen LogP contribution in [0.3, 0.4) is 0 Å². The van der Waals surface area contributed by atoms with E-state index < -0.39 is 0 Å². The Bertz CT molecular complexity index is 297. The van der Waals surface area contributed by atoms with E-state index in [1.807, 2.05) is 24.3 Å². The summed E-state index contributed by atoms with van der Waals surface area (Å²) in [7, 11) is 0. The molecule has 0 heterocycles. The molecule has 0 atom stereocenters. The SMILES string of the molecule is NNC(=O)CCCc1ccc(Cl)cc1. The van der Waals surface area contributed by atoms with Gasteiger partial charge in [0.15, 0.2) is 0 Å². The lowest BCUT2D eigenvalue weighted by Crippen LogP contribution is -2.29. The highest BCUT2D eigenvalue weighted by Crippen LogP contribution is 2.11. The molecule has 0 aliphatic rings. The molecule has 0 saturated heterocycles. The Kier molecular flexibility index (Phi) is 4.43. The summed E-state index contributed by atoms with van der Waals surface area (Å²) in [6, 6.07) is 7.62. The molecule has 14 heavy (non-hydrogen) atoms. The molecule has 76 valence electrons. The molecule has 1 aromatic carbocycles. The molecule has 3 nitrogen and oxygen atoms in total. The first-order chi connectivity index (χ1) is 6.72. The second-order valence-corrected chi connectivity index (χ2v) is 3.48. The number of aryl methyl sites for hydroxylation is 1. The lowest BCUT2D eigenvalue weighted by atomic mass is 10.1. The Morgan fingerprint density at radius 2 is 2.00 bits per heavy atom. The van der Waals surface area contributed by atoms with Crippen molar-refractivity contribution in [3.05, 3.63) is 34.9 Å². The average Bonchev–Trinajstić information content (AvgIpc) is 2.21. The number of nitrogens with one attached hydrogen (secondary N) is 1. The lowest BCUT2D eigenvalue weighted by Gasteiger charge is -2.01. The Morgan fingerprint density at radius 3 is 2.57 bits per heavy atom. The molecule has 0 spiro atoms. The molecule has 1 aromatic rings. The van der Waals surface area contributed by atoms with Gasteiger partial charge in [0.1, 0.15) is 0 Å². The van der Waals surface area contributed by atoms with Crippen molar-refractivity contribution < 1.29 is 4.79 Å². The number of hydrazine groups is 1. The first-order valence-electron chi connectivity index (χ1n) is 4.46. The van der Waals surface area contributed by atoms with Crippen LogP contribution in [0.1, 0.15) is 18.4 Å². The highest BCUT2D eigenvalue weighted by molar-refractivity contribution is 6.30. The van der Waals surface area contributed by atoms with Crippen molar-refractivity contribution in [2.24, 2.45) is 5.84 Å². The first kappa shape index (κ1) is 11.0. The monoisotopic (exact) mass is 212 g/mol. The summed E-state index contributed by atoms with van der Waals surface area (Å²) >= 11 is 5.74. The molecule has 0 bridgehead atoms. The summed E-state index contributed by atoms with van der Waals surface area (Å²) in [6.45, 7) is 0. The highest BCUT2D eigenvalue weighted by atomic mass is 35.5. The molecule has 0 unspecified atom stereocenters. The minimum atomic E-state index is -0.126. The minimum absolute atomic E-state index is 0.126. The average molecular weight is 213 g/mol. The van der Waals surface area contributed by atoms with Crippen molar-refractivity contribution in [2.75, 3.05) is 0 Å². The minimum Gasteiger partial charge on any atom is -0.294 e. The normalized spacial score (nSPS) is 9.86. The van der Waals surface area contributed by atoms with Crippen LogP contribution < -0.4 is 11.3 Å². The van der Waals surface area contributed by atoms with Gasteiger partial charge in [-0.2, -0.15) is 0 Å². The predicted octanol–water partition coefficient (Wildman–Crippen LogP) is 1.65. The van der Waals surface area contributed by atoms with Gasteiger partial charge in [-0.3, -0.25) is 10.2 Å². The molecule has 3 N–H and O–H groups in total. The Labute approximate surface area is 88.2 Å². The fourth-order valence-electron chi connectivity index (χ4n) is 1.18. The molecule has 0 aliphatic carbocycles. The molecule has 0 radical (unpaired) electrons.